The molecular weight excluding hydrogens is 218 g/mol. The maximum Gasteiger partial charge on any atom is 0.410 e. The Labute approximate surface area is 104 Å². The van der Waals surface area contributed by atoms with Crippen molar-refractivity contribution in [2.24, 2.45) is 5.73 Å². The van der Waals surface area contributed by atoms with Crippen LogP contribution >= 0.6 is 0 Å². The molecule has 0 unspecified atom stereocenters. The number of ether oxygens (including phenoxy) is 1. The summed E-state index contributed by atoms with van der Waals surface area (Å²) in [6.45, 7) is 11.6. The molecular formula is C12H25N3O2. The van der Waals surface area contributed by atoms with E-state index in [1.54, 1.807) is 4.90 Å². The van der Waals surface area contributed by atoms with Crippen LogP contribution in [0.1, 0.15) is 27.7 Å². The third kappa shape index (κ3) is 4.52. The maximum atomic E-state index is 11.9. The van der Waals surface area contributed by atoms with Gasteiger partial charge in [0.2, 0.25) is 0 Å². The van der Waals surface area contributed by atoms with Crippen LogP contribution in [0.3, 0.4) is 0 Å². The Hall–Kier alpha value is -0.810. The molecule has 1 amide bonds. The first kappa shape index (κ1) is 14.3. The van der Waals surface area contributed by atoms with Gasteiger partial charge >= 0.3 is 6.09 Å². The Morgan fingerprint density at radius 3 is 2.53 bits per heavy atom. The fourth-order valence-electron chi connectivity index (χ4n) is 1.99. The van der Waals surface area contributed by atoms with Gasteiger partial charge in [-0.25, -0.2) is 4.79 Å². The maximum absolute atomic E-state index is 11.9. The molecule has 17 heavy (non-hydrogen) atoms. The monoisotopic (exact) mass is 243 g/mol. The van der Waals surface area contributed by atoms with Gasteiger partial charge in [-0.1, -0.05) is 0 Å². The first-order valence-corrected chi connectivity index (χ1v) is 6.25. The van der Waals surface area contributed by atoms with Crippen LogP contribution in [-0.2, 0) is 4.74 Å². The van der Waals surface area contributed by atoms with Gasteiger partial charge in [0.1, 0.15) is 5.60 Å². The second-order valence-corrected chi connectivity index (χ2v) is 5.60. The zero-order valence-electron chi connectivity index (χ0n) is 11.4. The van der Waals surface area contributed by atoms with E-state index in [1.807, 2.05) is 20.8 Å². The van der Waals surface area contributed by atoms with E-state index in [0.29, 0.717) is 12.6 Å². The van der Waals surface area contributed by atoms with Gasteiger partial charge in [-0.2, -0.15) is 0 Å². The second kappa shape index (κ2) is 5.69. The molecule has 1 saturated heterocycles. The van der Waals surface area contributed by atoms with Crippen molar-refractivity contribution in [3.8, 4) is 0 Å². The number of piperazine rings is 1. The van der Waals surface area contributed by atoms with Crippen molar-refractivity contribution in [3.05, 3.63) is 0 Å². The van der Waals surface area contributed by atoms with Gasteiger partial charge in [0, 0.05) is 38.8 Å². The van der Waals surface area contributed by atoms with E-state index in [2.05, 4.69) is 11.8 Å². The predicted molar refractivity (Wildman–Crippen MR) is 67.9 cm³/mol. The Kier molecular flexibility index (Phi) is 4.77. The van der Waals surface area contributed by atoms with E-state index >= 15 is 0 Å². The highest BCUT2D eigenvalue weighted by molar-refractivity contribution is 5.68. The number of nitrogens with zero attached hydrogens (tertiary/aromatic N) is 2. The minimum absolute atomic E-state index is 0.211. The number of nitrogens with two attached hydrogens (primary N) is 1. The molecule has 1 fully saturated rings. The summed E-state index contributed by atoms with van der Waals surface area (Å²) in [5, 5.41) is 0. The fraction of sp³-hybridized carbons (Fsp3) is 0.917. The van der Waals surface area contributed by atoms with E-state index in [9.17, 15) is 4.79 Å². The van der Waals surface area contributed by atoms with Gasteiger partial charge in [-0.3, -0.25) is 4.90 Å². The SMILES string of the molecule is C[C@H]1CN(C(=O)OC(C)(C)C)CCN1CCN. The van der Waals surface area contributed by atoms with Crippen LogP contribution < -0.4 is 5.73 Å². The lowest BCUT2D eigenvalue weighted by Gasteiger charge is -2.39. The van der Waals surface area contributed by atoms with E-state index in [0.717, 1.165) is 26.2 Å². The highest BCUT2D eigenvalue weighted by atomic mass is 16.6. The van der Waals surface area contributed by atoms with E-state index in [4.69, 9.17) is 10.5 Å². The first-order valence-electron chi connectivity index (χ1n) is 6.25. The molecule has 5 heteroatoms. The molecule has 5 nitrogen and oxygen atoms in total. The third-order valence-electron chi connectivity index (χ3n) is 2.83. The van der Waals surface area contributed by atoms with E-state index < -0.39 is 5.60 Å². The van der Waals surface area contributed by atoms with Crippen molar-refractivity contribution in [1.29, 1.82) is 0 Å². The molecule has 100 valence electrons. The molecule has 0 bridgehead atoms. The second-order valence-electron chi connectivity index (χ2n) is 5.60. The van der Waals surface area contributed by atoms with Crippen LogP contribution in [0, 0.1) is 0 Å². The van der Waals surface area contributed by atoms with Crippen molar-refractivity contribution in [2.45, 2.75) is 39.3 Å². The summed E-state index contributed by atoms with van der Waals surface area (Å²) < 4.78 is 5.36. The van der Waals surface area contributed by atoms with Gasteiger partial charge in [0.05, 0.1) is 0 Å². The summed E-state index contributed by atoms with van der Waals surface area (Å²) in [6, 6.07) is 0.347. The lowest BCUT2D eigenvalue weighted by Crippen LogP contribution is -2.55. The number of rotatable bonds is 2. The Balaban J connectivity index is 2.46. The van der Waals surface area contributed by atoms with Crippen LogP contribution in [0.4, 0.5) is 4.79 Å². The predicted octanol–water partition coefficient (Wildman–Crippen LogP) is 0.886. The Morgan fingerprint density at radius 2 is 2.06 bits per heavy atom. The summed E-state index contributed by atoms with van der Waals surface area (Å²) in [6.07, 6.45) is -0.211. The summed E-state index contributed by atoms with van der Waals surface area (Å²) in [4.78, 5) is 16.0. The minimum atomic E-state index is -0.422. The van der Waals surface area contributed by atoms with Crippen LogP contribution in [0.5, 0.6) is 0 Å². The number of hydrogen-bond acceptors (Lipinski definition) is 4. The Bertz CT molecular complexity index is 263. The molecule has 1 aliphatic heterocycles. The van der Waals surface area contributed by atoms with Crippen LogP contribution in [0.25, 0.3) is 0 Å². The zero-order chi connectivity index (χ0) is 13.1. The standard InChI is InChI=1S/C12H25N3O2/c1-10-9-15(8-7-14(10)6-5-13)11(16)17-12(2,3)4/h10H,5-9,13H2,1-4H3/t10-/m0/s1. The summed E-state index contributed by atoms with van der Waals surface area (Å²) in [5.74, 6) is 0. The Morgan fingerprint density at radius 1 is 1.41 bits per heavy atom. The van der Waals surface area contributed by atoms with Gasteiger partial charge in [0.15, 0.2) is 0 Å². The van der Waals surface area contributed by atoms with Crippen molar-refractivity contribution >= 4 is 6.09 Å². The van der Waals surface area contributed by atoms with E-state index in [-0.39, 0.29) is 6.09 Å². The topological polar surface area (TPSA) is 58.8 Å². The van der Waals surface area contributed by atoms with Crippen molar-refractivity contribution < 1.29 is 9.53 Å². The normalized spacial score (nSPS) is 22.6. The summed E-state index contributed by atoms with van der Waals surface area (Å²) in [5.41, 5.74) is 5.13. The third-order valence-corrected chi connectivity index (χ3v) is 2.83. The molecule has 0 aliphatic carbocycles. The van der Waals surface area contributed by atoms with Gasteiger partial charge < -0.3 is 15.4 Å². The highest BCUT2D eigenvalue weighted by Gasteiger charge is 2.29. The largest absolute Gasteiger partial charge is 0.444 e. The lowest BCUT2D eigenvalue weighted by molar-refractivity contribution is 0.00629. The van der Waals surface area contributed by atoms with Gasteiger partial charge in [-0.15, -0.1) is 0 Å². The zero-order valence-corrected chi connectivity index (χ0v) is 11.4. The van der Waals surface area contributed by atoms with Crippen LogP contribution in [-0.4, -0.2) is 60.3 Å². The average Bonchev–Trinajstić information content (AvgIpc) is 2.18. The summed E-state index contributed by atoms with van der Waals surface area (Å²) >= 11 is 0. The summed E-state index contributed by atoms with van der Waals surface area (Å²) in [7, 11) is 0. The minimum Gasteiger partial charge on any atom is -0.444 e. The van der Waals surface area contributed by atoms with Crippen LogP contribution in [0.2, 0.25) is 0 Å². The van der Waals surface area contributed by atoms with Crippen molar-refractivity contribution in [1.82, 2.24) is 9.80 Å². The quantitative estimate of drug-likeness (QED) is 0.782. The smallest absolute Gasteiger partial charge is 0.410 e. The van der Waals surface area contributed by atoms with Crippen LogP contribution in [0.15, 0.2) is 0 Å². The van der Waals surface area contributed by atoms with Crippen molar-refractivity contribution in [3.63, 3.8) is 0 Å². The molecule has 1 atom stereocenters. The molecule has 2 N–H and O–H groups in total. The van der Waals surface area contributed by atoms with E-state index in [1.165, 1.54) is 0 Å². The molecule has 0 spiro atoms. The highest BCUT2D eigenvalue weighted by Crippen LogP contribution is 2.14. The number of carbonyl (C=O) groups is 1. The molecule has 0 aromatic carbocycles. The molecule has 0 saturated carbocycles. The lowest BCUT2D eigenvalue weighted by atomic mass is 10.2. The number of amides is 1. The molecule has 1 rings (SSSR count). The molecule has 1 heterocycles. The molecule has 1 aliphatic rings. The average molecular weight is 243 g/mol. The van der Waals surface area contributed by atoms with Gasteiger partial charge in [-0.05, 0) is 27.7 Å². The molecule has 0 aromatic heterocycles. The van der Waals surface area contributed by atoms with Gasteiger partial charge in [0.25, 0.3) is 0 Å². The number of hydrogen-bond donors (Lipinski definition) is 1. The first-order chi connectivity index (χ1) is 7.83. The van der Waals surface area contributed by atoms with Crippen molar-refractivity contribution in [2.75, 3.05) is 32.7 Å². The molecule has 0 radical (unpaired) electrons. The fourth-order valence-corrected chi connectivity index (χ4v) is 1.99. The molecule has 0 aromatic rings. The number of carbonyl (C=O) groups excluding carboxylic acids is 1.